The van der Waals surface area contributed by atoms with E-state index in [1.807, 2.05) is 0 Å². The van der Waals surface area contributed by atoms with E-state index in [1.165, 1.54) is 88.3 Å². The van der Waals surface area contributed by atoms with Gasteiger partial charge in [-0.05, 0) is 104 Å². The third kappa shape index (κ3) is 5.25. The molecule has 0 heterocycles. The minimum atomic E-state index is -4.22. The first-order valence-corrected chi connectivity index (χ1v) is 12.6. The molecule has 2 fully saturated rings. The van der Waals surface area contributed by atoms with E-state index < -0.39 is 11.7 Å². The predicted molar refractivity (Wildman–Crippen MR) is 117 cm³/mol. The van der Waals surface area contributed by atoms with Crippen LogP contribution in [0.5, 0.6) is 0 Å². The van der Waals surface area contributed by atoms with E-state index in [0.29, 0.717) is 5.92 Å². The molecule has 0 bridgehead atoms. The van der Waals surface area contributed by atoms with Crippen LogP contribution in [0.1, 0.15) is 101 Å². The van der Waals surface area contributed by atoms with E-state index in [9.17, 15) is 13.2 Å². The van der Waals surface area contributed by atoms with Gasteiger partial charge < -0.3 is 0 Å². The van der Waals surface area contributed by atoms with Gasteiger partial charge in [0.15, 0.2) is 0 Å². The van der Waals surface area contributed by atoms with Crippen molar-refractivity contribution >= 4 is 0 Å². The SMILES string of the molecule is CCCCCCC1CCC2CC(C3CCc4cc(C(F)(F)F)ccc4C3)CCC2C1. The van der Waals surface area contributed by atoms with E-state index in [0.717, 1.165) is 48.5 Å². The van der Waals surface area contributed by atoms with Crippen LogP contribution in [0.3, 0.4) is 0 Å². The molecule has 30 heavy (non-hydrogen) atoms. The van der Waals surface area contributed by atoms with Crippen molar-refractivity contribution in [3.05, 3.63) is 34.9 Å². The van der Waals surface area contributed by atoms with Gasteiger partial charge in [0, 0.05) is 0 Å². The van der Waals surface area contributed by atoms with Gasteiger partial charge in [0.2, 0.25) is 0 Å². The third-order valence-corrected chi connectivity index (χ3v) is 8.69. The molecule has 2 saturated carbocycles. The topological polar surface area (TPSA) is 0 Å². The smallest absolute Gasteiger partial charge is 0.166 e. The fourth-order valence-corrected chi connectivity index (χ4v) is 6.93. The first-order chi connectivity index (χ1) is 14.4. The molecule has 3 aliphatic carbocycles. The van der Waals surface area contributed by atoms with Gasteiger partial charge in [-0.1, -0.05) is 51.5 Å². The van der Waals surface area contributed by atoms with Gasteiger partial charge in [-0.15, -0.1) is 0 Å². The zero-order valence-electron chi connectivity index (χ0n) is 18.7. The van der Waals surface area contributed by atoms with E-state index >= 15 is 0 Å². The summed E-state index contributed by atoms with van der Waals surface area (Å²) in [5.41, 5.74) is 1.64. The monoisotopic (exact) mass is 420 g/mol. The zero-order chi connectivity index (χ0) is 21.1. The molecule has 0 radical (unpaired) electrons. The molecular weight excluding hydrogens is 381 g/mol. The Kier molecular flexibility index (Phi) is 7.15. The lowest BCUT2D eigenvalue weighted by Crippen LogP contribution is -2.35. The largest absolute Gasteiger partial charge is 0.416 e. The summed E-state index contributed by atoms with van der Waals surface area (Å²) in [7, 11) is 0. The van der Waals surface area contributed by atoms with Crippen LogP contribution in [0, 0.1) is 29.6 Å². The molecule has 5 unspecified atom stereocenters. The number of fused-ring (bicyclic) bond motifs is 2. The molecule has 0 spiro atoms. The summed E-state index contributed by atoms with van der Waals surface area (Å²) >= 11 is 0. The van der Waals surface area contributed by atoms with Crippen molar-refractivity contribution < 1.29 is 13.2 Å². The third-order valence-electron chi connectivity index (χ3n) is 8.69. The summed E-state index contributed by atoms with van der Waals surface area (Å²) < 4.78 is 39.0. The Hall–Kier alpha value is -0.990. The van der Waals surface area contributed by atoms with Crippen LogP contribution in [0.2, 0.25) is 0 Å². The summed E-state index contributed by atoms with van der Waals surface area (Å²) in [5.74, 6) is 4.33. The van der Waals surface area contributed by atoms with Crippen LogP contribution in [-0.2, 0) is 19.0 Å². The Morgan fingerprint density at radius 3 is 2.30 bits per heavy atom. The molecule has 5 atom stereocenters. The Bertz CT molecular complexity index is 692. The molecule has 0 aliphatic heterocycles. The lowest BCUT2D eigenvalue weighted by Gasteiger charge is -2.45. The maximum absolute atomic E-state index is 13.0. The first kappa shape index (κ1) is 22.2. The lowest BCUT2D eigenvalue weighted by molar-refractivity contribution is -0.137. The van der Waals surface area contributed by atoms with Crippen molar-refractivity contribution in [1.82, 2.24) is 0 Å². The highest BCUT2D eigenvalue weighted by molar-refractivity contribution is 5.35. The second-order valence-corrected chi connectivity index (χ2v) is 10.6. The molecule has 3 aliphatic rings. The summed E-state index contributed by atoms with van der Waals surface area (Å²) in [6, 6.07) is 4.46. The molecule has 0 amide bonds. The Labute approximate surface area is 181 Å². The summed E-state index contributed by atoms with van der Waals surface area (Å²) in [6.45, 7) is 2.29. The van der Waals surface area contributed by atoms with Crippen LogP contribution in [0.25, 0.3) is 0 Å². The van der Waals surface area contributed by atoms with Gasteiger partial charge >= 0.3 is 6.18 Å². The molecule has 0 aromatic heterocycles. The molecule has 4 rings (SSSR count). The highest BCUT2D eigenvalue weighted by atomic mass is 19.4. The van der Waals surface area contributed by atoms with Crippen LogP contribution in [-0.4, -0.2) is 0 Å². The highest BCUT2D eigenvalue weighted by Gasteiger charge is 2.39. The number of unbranched alkanes of at least 4 members (excludes halogenated alkanes) is 3. The number of halogens is 3. The molecule has 168 valence electrons. The van der Waals surface area contributed by atoms with Gasteiger partial charge in [-0.25, -0.2) is 0 Å². The quantitative estimate of drug-likeness (QED) is 0.404. The molecule has 0 nitrogen and oxygen atoms in total. The average Bonchev–Trinajstić information content (AvgIpc) is 2.75. The number of benzene rings is 1. The fraction of sp³-hybridized carbons (Fsp3) is 0.778. The van der Waals surface area contributed by atoms with E-state index in [1.54, 1.807) is 6.07 Å². The van der Waals surface area contributed by atoms with E-state index in [2.05, 4.69) is 6.92 Å². The van der Waals surface area contributed by atoms with E-state index in [4.69, 9.17) is 0 Å². The summed E-state index contributed by atoms with van der Waals surface area (Å²) in [5, 5.41) is 0. The van der Waals surface area contributed by atoms with Gasteiger partial charge in [0.25, 0.3) is 0 Å². The van der Waals surface area contributed by atoms with E-state index in [-0.39, 0.29) is 0 Å². The van der Waals surface area contributed by atoms with Gasteiger partial charge in [-0.3, -0.25) is 0 Å². The van der Waals surface area contributed by atoms with Gasteiger partial charge in [0.05, 0.1) is 5.56 Å². The second-order valence-electron chi connectivity index (χ2n) is 10.6. The summed E-state index contributed by atoms with van der Waals surface area (Å²) in [6.07, 6.45) is 14.2. The van der Waals surface area contributed by atoms with Crippen molar-refractivity contribution in [3.8, 4) is 0 Å². The minimum absolute atomic E-state index is 0.480. The molecule has 0 saturated heterocycles. The maximum Gasteiger partial charge on any atom is 0.416 e. The second kappa shape index (κ2) is 9.65. The fourth-order valence-electron chi connectivity index (χ4n) is 6.93. The Morgan fingerprint density at radius 1 is 0.800 bits per heavy atom. The van der Waals surface area contributed by atoms with Crippen LogP contribution in [0.4, 0.5) is 13.2 Å². The van der Waals surface area contributed by atoms with Crippen molar-refractivity contribution in [1.29, 1.82) is 0 Å². The minimum Gasteiger partial charge on any atom is -0.166 e. The Morgan fingerprint density at radius 2 is 1.53 bits per heavy atom. The molecule has 1 aromatic rings. The van der Waals surface area contributed by atoms with Crippen molar-refractivity contribution in [2.75, 3.05) is 0 Å². The predicted octanol–water partition coefficient (Wildman–Crippen LogP) is 8.61. The van der Waals surface area contributed by atoms with Crippen LogP contribution < -0.4 is 0 Å². The highest BCUT2D eigenvalue weighted by Crippen LogP contribution is 2.49. The number of hydrogen-bond donors (Lipinski definition) is 0. The lowest BCUT2D eigenvalue weighted by atomic mass is 9.61. The Balaban J connectivity index is 1.29. The maximum atomic E-state index is 13.0. The van der Waals surface area contributed by atoms with Crippen molar-refractivity contribution in [2.45, 2.75) is 103 Å². The number of aryl methyl sites for hydroxylation is 1. The van der Waals surface area contributed by atoms with Crippen molar-refractivity contribution in [3.63, 3.8) is 0 Å². The normalized spacial score (nSPS) is 31.8. The molecule has 3 heteroatoms. The van der Waals surface area contributed by atoms with Gasteiger partial charge in [0.1, 0.15) is 0 Å². The number of hydrogen-bond acceptors (Lipinski definition) is 0. The van der Waals surface area contributed by atoms with Gasteiger partial charge in [-0.2, -0.15) is 13.2 Å². The van der Waals surface area contributed by atoms with Crippen LogP contribution in [0.15, 0.2) is 18.2 Å². The molecule has 1 aromatic carbocycles. The zero-order valence-corrected chi connectivity index (χ0v) is 18.7. The van der Waals surface area contributed by atoms with Crippen LogP contribution >= 0.6 is 0 Å². The number of rotatable bonds is 6. The number of alkyl halides is 3. The average molecular weight is 421 g/mol. The first-order valence-electron chi connectivity index (χ1n) is 12.6. The van der Waals surface area contributed by atoms with Crippen molar-refractivity contribution in [2.24, 2.45) is 29.6 Å². The molecule has 0 N–H and O–H groups in total. The standard InChI is InChI=1S/C27H39F3/c1-2-3-4-5-6-19-7-8-21-16-22(10-9-20(21)15-19)23-11-12-25-18-26(27(28,29)30)14-13-24(25)17-23/h13-14,18-23H,2-12,15-17H2,1H3. The molecular formula is C27H39F3. The summed E-state index contributed by atoms with van der Waals surface area (Å²) in [4.78, 5) is 0.